The van der Waals surface area contributed by atoms with Gasteiger partial charge in [0, 0.05) is 17.5 Å². The third kappa shape index (κ3) is 3.22. The van der Waals surface area contributed by atoms with E-state index in [1.807, 2.05) is 0 Å². The van der Waals surface area contributed by atoms with E-state index in [1.165, 1.54) is 25.3 Å². The van der Waals surface area contributed by atoms with E-state index < -0.39 is 22.8 Å². The quantitative estimate of drug-likeness (QED) is 0.410. The lowest BCUT2D eigenvalue weighted by Crippen LogP contribution is -2.34. The third-order valence-electron chi connectivity index (χ3n) is 3.82. The van der Waals surface area contributed by atoms with E-state index in [9.17, 15) is 19.7 Å². The normalized spacial score (nSPS) is 11.7. The number of nitro benzene ring substituents is 1. The number of esters is 1. The van der Waals surface area contributed by atoms with Crippen LogP contribution in [0.5, 0.6) is 0 Å². The molecule has 2 aromatic carbocycles. The lowest BCUT2D eigenvalue weighted by Gasteiger charge is -2.16. The molecule has 9 nitrogen and oxygen atoms in total. The summed E-state index contributed by atoms with van der Waals surface area (Å²) in [6.45, 7) is 0. The Morgan fingerprint density at radius 1 is 1.23 bits per heavy atom. The molecule has 1 heterocycles. The van der Waals surface area contributed by atoms with Gasteiger partial charge in [0.25, 0.3) is 11.6 Å². The number of carbonyl (C=O) groups is 2. The SMILES string of the molecule is COC(=O)C(NC(=O)c1n[nH]c2ccc([N+](=O)[O-])cc12)c1ccccc1. The van der Waals surface area contributed by atoms with Gasteiger partial charge in [0.1, 0.15) is 0 Å². The number of carbonyl (C=O) groups excluding carboxylic acids is 2. The molecule has 1 unspecified atom stereocenters. The molecule has 2 N–H and O–H groups in total. The Kier molecular flexibility index (Phi) is 4.61. The summed E-state index contributed by atoms with van der Waals surface area (Å²) >= 11 is 0. The second-order valence-electron chi connectivity index (χ2n) is 5.40. The summed E-state index contributed by atoms with van der Waals surface area (Å²) in [4.78, 5) is 35.1. The first-order chi connectivity index (χ1) is 12.5. The van der Waals surface area contributed by atoms with Crippen molar-refractivity contribution in [1.29, 1.82) is 0 Å². The Hall–Kier alpha value is -3.75. The number of methoxy groups -OCH3 is 1. The van der Waals surface area contributed by atoms with E-state index in [1.54, 1.807) is 30.3 Å². The Balaban J connectivity index is 1.95. The van der Waals surface area contributed by atoms with E-state index >= 15 is 0 Å². The van der Waals surface area contributed by atoms with Gasteiger partial charge in [-0.15, -0.1) is 0 Å². The molecule has 0 aliphatic rings. The van der Waals surface area contributed by atoms with Crippen molar-refractivity contribution in [2.75, 3.05) is 7.11 Å². The van der Waals surface area contributed by atoms with Gasteiger partial charge in [0.2, 0.25) is 0 Å². The minimum atomic E-state index is -1.03. The summed E-state index contributed by atoms with van der Waals surface area (Å²) in [6.07, 6.45) is 0. The molecule has 0 spiro atoms. The van der Waals surface area contributed by atoms with Crippen LogP contribution in [0, 0.1) is 10.1 Å². The lowest BCUT2D eigenvalue weighted by molar-refractivity contribution is -0.384. The summed E-state index contributed by atoms with van der Waals surface area (Å²) in [5, 5.41) is 20.4. The van der Waals surface area contributed by atoms with Gasteiger partial charge < -0.3 is 10.1 Å². The van der Waals surface area contributed by atoms with Gasteiger partial charge in [-0.25, -0.2) is 4.79 Å². The highest BCUT2D eigenvalue weighted by Crippen LogP contribution is 2.23. The van der Waals surface area contributed by atoms with Crippen molar-refractivity contribution in [3.63, 3.8) is 0 Å². The van der Waals surface area contributed by atoms with Crippen LogP contribution in [-0.2, 0) is 9.53 Å². The van der Waals surface area contributed by atoms with Crippen molar-refractivity contribution >= 4 is 28.5 Å². The standard InChI is InChI=1S/C17H14N4O5/c1-26-17(23)14(10-5-3-2-4-6-10)18-16(22)15-12-9-11(21(24)25)7-8-13(12)19-20-15/h2-9,14H,1H3,(H,18,22)(H,19,20). The number of ether oxygens (including phenoxy) is 1. The average molecular weight is 354 g/mol. The highest BCUT2D eigenvalue weighted by atomic mass is 16.6. The smallest absolute Gasteiger partial charge is 0.333 e. The van der Waals surface area contributed by atoms with Gasteiger partial charge >= 0.3 is 5.97 Å². The number of aromatic amines is 1. The van der Waals surface area contributed by atoms with Crippen LogP contribution in [0.2, 0.25) is 0 Å². The summed E-state index contributed by atoms with van der Waals surface area (Å²) < 4.78 is 4.75. The van der Waals surface area contributed by atoms with Crippen LogP contribution in [0.25, 0.3) is 10.9 Å². The van der Waals surface area contributed by atoms with Gasteiger partial charge in [0.15, 0.2) is 11.7 Å². The highest BCUT2D eigenvalue weighted by Gasteiger charge is 2.26. The molecular weight excluding hydrogens is 340 g/mol. The molecule has 1 aromatic heterocycles. The molecule has 132 valence electrons. The molecule has 0 aliphatic carbocycles. The molecule has 0 bridgehead atoms. The number of hydrogen-bond donors (Lipinski definition) is 2. The van der Waals surface area contributed by atoms with E-state index in [0.717, 1.165) is 0 Å². The monoisotopic (exact) mass is 354 g/mol. The Morgan fingerprint density at radius 3 is 2.62 bits per heavy atom. The molecule has 0 fully saturated rings. The first kappa shape index (κ1) is 17.1. The van der Waals surface area contributed by atoms with Gasteiger partial charge in [-0.2, -0.15) is 5.10 Å². The number of amides is 1. The topological polar surface area (TPSA) is 127 Å². The second-order valence-corrected chi connectivity index (χ2v) is 5.40. The number of H-pyrrole nitrogens is 1. The Labute approximate surface area is 147 Å². The first-order valence-electron chi connectivity index (χ1n) is 7.57. The molecule has 0 saturated carbocycles. The fourth-order valence-electron chi connectivity index (χ4n) is 2.53. The van der Waals surface area contributed by atoms with Crippen molar-refractivity contribution in [2.45, 2.75) is 6.04 Å². The van der Waals surface area contributed by atoms with Crippen LogP contribution >= 0.6 is 0 Å². The number of nitrogens with one attached hydrogen (secondary N) is 2. The predicted octanol–water partition coefficient (Wildman–Crippen LogP) is 2.12. The first-order valence-corrected chi connectivity index (χ1v) is 7.57. The van der Waals surface area contributed by atoms with E-state index in [-0.39, 0.29) is 16.8 Å². The maximum Gasteiger partial charge on any atom is 0.333 e. The summed E-state index contributed by atoms with van der Waals surface area (Å²) in [7, 11) is 1.22. The van der Waals surface area contributed by atoms with Crippen molar-refractivity contribution in [1.82, 2.24) is 15.5 Å². The second kappa shape index (κ2) is 7.01. The van der Waals surface area contributed by atoms with Crippen LogP contribution in [-0.4, -0.2) is 34.1 Å². The van der Waals surface area contributed by atoms with Gasteiger partial charge in [-0.3, -0.25) is 20.0 Å². The van der Waals surface area contributed by atoms with Crippen LogP contribution in [0.15, 0.2) is 48.5 Å². The zero-order valence-corrected chi connectivity index (χ0v) is 13.6. The van der Waals surface area contributed by atoms with Crippen LogP contribution in [0.4, 0.5) is 5.69 Å². The summed E-state index contributed by atoms with van der Waals surface area (Å²) in [6, 6.07) is 11.6. The van der Waals surface area contributed by atoms with Gasteiger partial charge in [0.05, 0.1) is 17.5 Å². The molecule has 3 aromatic rings. The highest BCUT2D eigenvalue weighted by molar-refractivity contribution is 6.06. The van der Waals surface area contributed by atoms with E-state index in [4.69, 9.17) is 4.74 Å². The van der Waals surface area contributed by atoms with Gasteiger partial charge in [-0.05, 0) is 11.6 Å². The number of hydrogen-bond acceptors (Lipinski definition) is 6. The number of non-ortho nitro benzene ring substituents is 1. The minimum absolute atomic E-state index is 0.0477. The predicted molar refractivity (Wildman–Crippen MR) is 91.4 cm³/mol. The number of aromatic nitrogens is 2. The molecule has 26 heavy (non-hydrogen) atoms. The number of nitro groups is 1. The van der Waals surface area contributed by atoms with Crippen molar-refractivity contribution in [3.8, 4) is 0 Å². The molecule has 0 aliphatic heterocycles. The van der Waals surface area contributed by atoms with Crippen LogP contribution < -0.4 is 5.32 Å². The molecule has 0 saturated heterocycles. The largest absolute Gasteiger partial charge is 0.467 e. The maximum atomic E-state index is 12.6. The van der Waals surface area contributed by atoms with Crippen molar-refractivity contribution in [3.05, 3.63) is 69.9 Å². The number of benzene rings is 2. The fourth-order valence-corrected chi connectivity index (χ4v) is 2.53. The molecule has 9 heteroatoms. The average Bonchev–Trinajstić information content (AvgIpc) is 3.09. The fraction of sp³-hybridized carbons (Fsp3) is 0.118. The molecule has 1 atom stereocenters. The third-order valence-corrected chi connectivity index (χ3v) is 3.82. The maximum absolute atomic E-state index is 12.6. The Bertz CT molecular complexity index is 983. The summed E-state index contributed by atoms with van der Waals surface area (Å²) in [5.41, 5.74) is 0.794. The number of nitrogens with zero attached hydrogens (tertiary/aromatic N) is 2. The minimum Gasteiger partial charge on any atom is -0.467 e. The zero-order valence-electron chi connectivity index (χ0n) is 13.6. The van der Waals surface area contributed by atoms with Crippen LogP contribution in [0.3, 0.4) is 0 Å². The number of rotatable bonds is 5. The zero-order chi connectivity index (χ0) is 18.7. The summed E-state index contributed by atoms with van der Waals surface area (Å²) in [5.74, 6) is -1.30. The van der Waals surface area contributed by atoms with Crippen LogP contribution in [0.1, 0.15) is 22.1 Å². The molecular formula is C17H14N4O5. The van der Waals surface area contributed by atoms with E-state index in [2.05, 4.69) is 15.5 Å². The van der Waals surface area contributed by atoms with Crippen molar-refractivity contribution in [2.24, 2.45) is 0 Å². The lowest BCUT2D eigenvalue weighted by atomic mass is 10.1. The van der Waals surface area contributed by atoms with Crippen molar-refractivity contribution < 1.29 is 19.2 Å². The van der Waals surface area contributed by atoms with E-state index in [0.29, 0.717) is 11.1 Å². The Morgan fingerprint density at radius 2 is 1.96 bits per heavy atom. The molecule has 3 rings (SSSR count). The number of fused-ring (bicyclic) bond motifs is 1. The van der Waals surface area contributed by atoms with Gasteiger partial charge in [-0.1, -0.05) is 30.3 Å². The molecule has 0 radical (unpaired) electrons. The molecule has 1 amide bonds.